The normalized spacial score (nSPS) is 17.3. The fraction of sp³-hybridized carbons (Fsp3) is 0.333. The number of halogens is 3. The zero-order valence-corrected chi connectivity index (χ0v) is 15.9. The van der Waals surface area contributed by atoms with Gasteiger partial charge in [-0.05, 0) is 37.1 Å². The highest BCUT2D eigenvalue weighted by Gasteiger charge is 2.31. The zero-order valence-electron chi connectivity index (χ0n) is 15.1. The Morgan fingerprint density at radius 3 is 2.62 bits per heavy atom. The van der Waals surface area contributed by atoms with Crippen molar-refractivity contribution in [2.75, 3.05) is 16.8 Å². The van der Waals surface area contributed by atoms with Crippen LogP contribution >= 0.6 is 0 Å². The molecule has 2 aromatic heterocycles. The smallest absolute Gasteiger partial charge is 0.406 e. The predicted octanol–water partition coefficient (Wildman–Crippen LogP) is 3.28. The number of rotatable bonds is 4. The Bertz CT molecular complexity index is 1130. The average molecular weight is 426 g/mol. The highest BCUT2D eigenvalue weighted by molar-refractivity contribution is 7.91. The van der Waals surface area contributed by atoms with Crippen LogP contribution in [0.5, 0.6) is 5.75 Å². The number of nitrogens with one attached hydrogen (secondary N) is 1. The van der Waals surface area contributed by atoms with Crippen molar-refractivity contribution >= 4 is 21.3 Å². The quantitative estimate of drug-likeness (QED) is 0.689. The Balaban J connectivity index is 1.60. The molecule has 0 unspecified atom stereocenters. The van der Waals surface area contributed by atoms with E-state index in [-0.39, 0.29) is 23.3 Å². The van der Waals surface area contributed by atoms with E-state index in [9.17, 15) is 21.6 Å². The maximum Gasteiger partial charge on any atom is 0.573 e. The molecular formula is C18H17F3N4O3S. The minimum absolute atomic E-state index is 0.0149. The topological polar surface area (TPSA) is 85.6 Å². The van der Waals surface area contributed by atoms with Gasteiger partial charge in [0.25, 0.3) is 0 Å². The molecule has 0 saturated carbocycles. The number of aromatic nitrogens is 3. The lowest BCUT2D eigenvalue weighted by molar-refractivity contribution is -0.274. The standard InChI is InChI=1S/C18H17F3N4O3S/c19-18(20,21)28-14-3-1-2-12(10-14)15-11-22-17-5-4-16(24-25(15)17)23-13-6-8-29(26,27)9-7-13/h1-5,10-11,13H,6-9H2,(H,23,24). The minimum atomic E-state index is -4.78. The molecule has 0 amide bonds. The van der Waals surface area contributed by atoms with Crippen LogP contribution in [0.1, 0.15) is 12.8 Å². The SMILES string of the molecule is O=S1(=O)CCC(Nc2ccc3ncc(-c4cccc(OC(F)(F)F)c4)n3n2)CC1. The average Bonchev–Trinajstić information content (AvgIpc) is 3.05. The number of anilines is 1. The van der Waals surface area contributed by atoms with E-state index in [2.05, 4.69) is 20.1 Å². The number of nitrogens with zero attached hydrogens (tertiary/aromatic N) is 3. The van der Waals surface area contributed by atoms with E-state index >= 15 is 0 Å². The first-order valence-corrected chi connectivity index (χ1v) is 10.7. The Kier molecular flexibility index (Phi) is 4.85. The lowest BCUT2D eigenvalue weighted by Crippen LogP contribution is -2.32. The fourth-order valence-electron chi connectivity index (χ4n) is 3.24. The van der Waals surface area contributed by atoms with Gasteiger partial charge in [-0.3, -0.25) is 0 Å². The van der Waals surface area contributed by atoms with E-state index in [0.29, 0.717) is 35.6 Å². The van der Waals surface area contributed by atoms with Gasteiger partial charge in [0.1, 0.15) is 21.4 Å². The lowest BCUT2D eigenvalue weighted by Gasteiger charge is -2.23. The number of hydrogen-bond acceptors (Lipinski definition) is 6. The molecule has 7 nitrogen and oxygen atoms in total. The molecule has 0 radical (unpaired) electrons. The molecule has 0 atom stereocenters. The maximum absolute atomic E-state index is 12.5. The first kappa shape index (κ1) is 19.5. The molecule has 11 heteroatoms. The number of fused-ring (bicyclic) bond motifs is 1. The van der Waals surface area contributed by atoms with Gasteiger partial charge >= 0.3 is 6.36 Å². The Hall–Kier alpha value is -2.82. The summed E-state index contributed by atoms with van der Waals surface area (Å²) in [6.45, 7) is 0. The van der Waals surface area contributed by atoms with Gasteiger partial charge in [0.2, 0.25) is 0 Å². The Labute approximate surface area is 164 Å². The maximum atomic E-state index is 12.5. The predicted molar refractivity (Wildman–Crippen MR) is 100 cm³/mol. The molecule has 4 rings (SSSR count). The third-order valence-corrected chi connectivity index (χ3v) is 6.35. The number of sulfone groups is 1. The van der Waals surface area contributed by atoms with E-state index in [1.54, 1.807) is 18.2 Å². The molecule has 1 N–H and O–H groups in total. The first-order valence-electron chi connectivity index (χ1n) is 8.86. The van der Waals surface area contributed by atoms with Crippen LogP contribution in [0, 0.1) is 0 Å². The number of benzene rings is 1. The summed E-state index contributed by atoms with van der Waals surface area (Å²) in [5.74, 6) is 0.469. The van der Waals surface area contributed by atoms with Crippen molar-refractivity contribution in [3.63, 3.8) is 0 Å². The van der Waals surface area contributed by atoms with Crippen molar-refractivity contribution in [1.29, 1.82) is 0 Å². The lowest BCUT2D eigenvalue weighted by atomic mass is 10.1. The fourth-order valence-corrected chi connectivity index (χ4v) is 4.73. The molecular weight excluding hydrogens is 409 g/mol. The van der Waals surface area contributed by atoms with Gasteiger partial charge in [0, 0.05) is 11.6 Å². The van der Waals surface area contributed by atoms with E-state index in [0.717, 1.165) is 0 Å². The molecule has 0 spiro atoms. The minimum Gasteiger partial charge on any atom is -0.406 e. The third-order valence-electron chi connectivity index (χ3n) is 4.63. The van der Waals surface area contributed by atoms with Gasteiger partial charge < -0.3 is 10.1 Å². The number of hydrogen-bond donors (Lipinski definition) is 1. The molecule has 1 aromatic carbocycles. The summed E-state index contributed by atoms with van der Waals surface area (Å²) in [6, 6.07) is 9.04. The molecule has 3 heterocycles. The molecule has 0 aliphatic carbocycles. The van der Waals surface area contributed by atoms with E-state index in [1.807, 2.05) is 0 Å². The monoisotopic (exact) mass is 426 g/mol. The van der Waals surface area contributed by atoms with Gasteiger partial charge in [-0.2, -0.15) is 0 Å². The summed E-state index contributed by atoms with van der Waals surface area (Å²) in [5.41, 5.74) is 1.49. The van der Waals surface area contributed by atoms with Crippen LogP contribution in [0.2, 0.25) is 0 Å². The molecule has 1 fully saturated rings. The van der Waals surface area contributed by atoms with Crippen LogP contribution in [-0.4, -0.2) is 46.9 Å². The van der Waals surface area contributed by atoms with E-state index in [4.69, 9.17) is 0 Å². The summed E-state index contributed by atoms with van der Waals surface area (Å²) in [4.78, 5) is 4.24. The van der Waals surface area contributed by atoms with Crippen molar-refractivity contribution in [2.24, 2.45) is 0 Å². The summed E-state index contributed by atoms with van der Waals surface area (Å²) < 4.78 is 66.1. The van der Waals surface area contributed by atoms with E-state index in [1.165, 1.54) is 28.9 Å². The number of ether oxygens (including phenoxy) is 1. The molecule has 3 aromatic rings. The van der Waals surface area contributed by atoms with Crippen LogP contribution in [0.3, 0.4) is 0 Å². The second kappa shape index (κ2) is 7.21. The highest BCUT2D eigenvalue weighted by Crippen LogP contribution is 2.28. The van der Waals surface area contributed by atoms with Gasteiger partial charge in [-0.25, -0.2) is 17.9 Å². The van der Waals surface area contributed by atoms with E-state index < -0.39 is 16.2 Å². The van der Waals surface area contributed by atoms with Crippen LogP contribution in [0.25, 0.3) is 16.9 Å². The highest BCUT2D eigenvalue weighted by atomic mass is 32.2. The van der Waals surface area contributed by atoms with Gasteiger partial charge in [-0.1, -0.05) is 12.1 Å². The van der Waals surface area contributed by atoms with Crippen molar-refractivity contribution in [1.82, 2.24) is 14.6 Å². The van der Waals surface area contributed by atoms with Gasteiger partial charge in [0.15, 0.2) is 5.65 Å². The summed E-state index contributed by atoms with van der Waals surface area (Å²) in [7, 11) is -2.96. The first-order chi connectivity index (χ1) is 13.7. The van der Waals surface area contributed by atoms with Crippen LogP contribution in [0.15, 0.2) is 42.6 Å². The zero-order chi connectivity index (χ0) is 20.6. The van der Waals surface area contributed by atoms with Crippen LogP contribution < -0.4 is 10.1 Å². The van der Waals surface area contributed by atoms with Gasteiger partial charge in [-0.15, -0.1) is 18.3 Å². The summed E-state index contributed by atoms with van der Waals surface area (Å²) >= 11 is 0. The Morgan fingerprint density at radius 2 is 1.90 bits per heavy atom. The molecule has 1 aliphatic heterocycles. The summed E-state index contributed by atoms with van der Waals surface area (Å²) in [6.07, 6.45) is -2.27. The van der Waals surface area contributed by atoms with Crippen molar-refractivity contribution in [3.05, 3.63) is 42.6 Å². The van der Waals surface area contributed by atoms with Crippen molar-refractivity contribution in [2.45, 2.75) is 25.2 Å². The van der Waals surface area contributed by atoms with Crippen molar-refractivity contribution < 1.29 is 26.3 Å². The second-order valence-electron chi connectivity index (χ2n) is 6.78. The summed E-state index contributed by atoms with van der Waals surface area (Å²) in [5, 5.41) is 7.70. The third kappa shape index (κ3) is 4.61. The second-order valence-corrected chi connectivity index (χ2v) is 9.08. The molecule has 154 valence electrons. The van der Waals surface area contributed by atoms with Gasteiger partial charge in [0.05, 0.1) is 23.4 Å². The number of imidazole rings is 1. The Morgan fingerprint density at radius 1 is 1.14 bits per heavy atom. The molecule has 1 aliphatic rings. The molecule has 1 saturated heterocycles. The molecule has 29 heavy (non-hydrogen) atoms. The number of alkyl halides is 3. The largest absolute Gasteiger partial charge is 0.573 e. The van der Waals surface area contributed by atoms with Crippen molar-refractivity contribution in [3.8, 4) is 17.0 Å². The van der Waals surface area contributed by atoms with Crippen LogP contribution in [-0.2, 0) is 9.84 Å². The molecule has 0 bridgehead atoms. The van der Waals surface area contributed by atoms with Crippen LogP contribution in [0.4, 0.5) is 19.0 Å².